The number of nitrogens with zero attached hydrogens (tertiary/aromatic N) is 2. The lowest BCUT2D eigenvalue weighted by Gasteiger charge is -2.35. The lowest BCUT2D eigenvalue weighted by Crippen LogP contribution is -2.41. The van der Waals surface area contributed by atoms with E-state index in [0.29, 0.717) is 6.04 Å². The number of hydrogen-bond donors (Lipinski definition) is 1. The van der Waals surface area contributed by atoms with Crippen molar-refractivity contribution in [3.05, 3.63) is 30.1 Å². The van der Waals surface area contributed by atoms with Gasteiger partial charge in [0, 0.05) is 25.0 Å². The molecule has 106 valence electrons. The van der Waals surface area contributed by atoms with Crippen molar-refractivity contribution in [2.45, 2.75) is 45.7 Å². The zero-order valence-electron chi connectivity index (χ0n) is 12.3. The lowest BCUT2D eigenvalue weighted by molar-refractivity contribution is 0.162. The van der Waals surface area contributed by atoms with Gasteiger partial charge >= 0.3 is 0 Å². The lowest BCUT2D eigenvalue weighted by atomic mass is 9.90. The van der Waals surface area contributed by atoms with Gasteiger partial charge in [-0.25, -0.2) is 0 Å². The van der Waals surface area contributed by atoms with Gasteiger partial charge in [0.05, 0.1) is 0 Å². The molecule has 1 atom stereocenters. The molecule has 3 heteroatoms. The molecule has 0 spiro atoms. The first kappa shape index (κ1) is 14.5. The van der Waals surface area contributed by atoms with Crippen LogP contribution < -0.4 is 5.32 Å². The molecule has 1 fully saturated rings. The second-order valence-electron chi connectivity index (χ2n) is 5.71. The van der Waals surface area contributed by atoms with Crippen molar-refractivity contribution in [1.82, 2.24) is 15.2 Å². The maximum atomic E-state index is 4.16. The normalized spacial score (nSPS) is 19.5. The molecule has 0 saturated carbocycles. The maximum absolute atomic E-state index is 4.16. The first-order valence-corrected chi connectivity index (χ1v) is 7.64. The van der Waals surface area contributed by atoms with Gasteiger partial charge in [-0.3, -0.25) is 4.98 Å². The van der Waals surface area contributed by atoms with E-state index in [0.717, 1.165) is 12.5 Å². The fourth-order valence-electron chi connectivity index (χ4n) is 2.94. The van der Waals surface area contributed by atoms with Crippen molar-refractivity contribution in [2.24, 2.45) is 5.92 Å². The molecule has 3 nitrogen and oxygen atoms in total. The number of aromatic nitrogens is 1. The highest BCUT2D eigenvalue weighted by Gasteiger charge is 2.22. The number of pyridine rings is 1. The van der Waals surface area contributed by atoms with Crippen molar-refractivity contribution in [2.75, 3.05) is 19.6 Å². The van der Waals surface area contributed by atoms with Gasteiger partial charge in [0.2, 0.25) is 0 Å². The molecule has 1 N–H and O–H groups in total. The Bertz CT molecular complexity index is 344. The van der Waals surface area contributed by atoms with E-state index in [2.05, 4.69) is 35.1 Å². The summed E-state index contributed by atoms with van der Waals surface area (Å²) in [5.41, 5.74) is 1.28. The Balaban J connectivity index is 1.71. The van der Waals surface area contributed by atoms with Crippen molar-refractivity contribution in [3.63, 3.8) is 0 Å². The van der Waals surface area contributed by atoms with E-state index in [9.17, 15) is 0 Å². The van der Waals surface area contributed by atoms with E-state index >= 15 is 0 Å². The van der Waals surface area contributed by atoms with Crippen molar-refractivity contribution < 1.29 is 0 Å². The first-order valence-electron chi connectivity index (χ1n) is 7.64. The summed E-state index contributed by atoms with van der Waals surface area (Å²) in [4.78, 5) is 6.76. The van der Waals surface area contributed by atoms with E-state index in [1.807, 2.05) is 18.5 Å². The van der Waals surface area contributed by atoms with Gasteiger partial charge in [-0.15, -0.1) is 0 Å². The molecule has 1 saturated heterocycles. The third-order valence-corrected chi connectivity index (χ3v) is 4.23. The van der Waals surface area contributed by atoms with Crippen LogP contribution in [0.25, 0.3) is 0 Å². The standard InChI is InChI=1S/C16H27N3/c1-3-9-19-10-6-16(7-11-19)14(2)18-13-15-5-4-8-17-12-15/h4-5,8,12,14,16,18H,3,6-7,9-11,13H2,1-2H3. The van der Waals surface area contributed by atoms with Gasteiger partial charge in [0.15, 0.2) is 0 Å². The molecule has 0 radical (unpaired) electrons. The van der Waals surface area contributed by atoms with Crippen LogP contribution >= 0.6 is 0 Å². The van der Waals surface area contributed by atoms with E-state index in [1.54, 1.807) is 0 Å². The highest BCUT2D eigenvalue weighted by molar-refractivity contribution is 5.08. The molecule has 0 bridgehead atoms. The van der Waals surface area contributed by atoms with Crippen LogP contribution in [0.2, 0.25) is 0 Å². The summed E-state index contributed by atoms with van der Waals surface area (Å²) in [6.45, 7) is 9.35. The molecule has 1 aromatic rings. The molecule has 0 aliphatic carbocycles. The molecular weight excluding hydrogens is 234 g/mol. The minimum absolute atomic E-state index is 0.601. The molecule has 1 aromatic heterocycles. The van der Waals surface area contributed by atoms with E-state index in [4.69, 9.17) is 0 Å². The highest BCUT2D eigenvalue weighted by Crippen LogP contribution is 2.20. The Morgan fingerprint density at radius 3 is 2.84 bits per heavy atom. The van der Waals surface area contributed by atoms with Crippen LogP contribution in [0.5, 0.6) is 0 Å². The van der Waals surface area contributed by atoms with Crippen molar-refractivity contribution in [3.8, 4) is 0 Å². The fourth-order valence-corrected chi connectivity index (χ4v) is 2.94. The quantitative estimate of drug-likeness (QED) is 0.853. The van der Waals surface area contributed by atoms with Crippen molar-refractivity contribution >= 4 is 0 Å². The summed E-state index contributed by atoms with van der Waals surface area (Å²) in [5, 5.41) is 3.66. The zero-order valence-corrected chi connectivity index (χ0v) is 12.3. The molecule has 1 aliphatic heterocycles. The van der Waals surface area contributed by atoms with Gasteiger partial charge < -0.3 is 10.2 Å². The van der Waals surface area contributed by atoms with Gasteiger partial charge in [0.25, 0.3) is 0 Å². The Kier molecular flexibility index (Phi) is 5.80. The molecule has 0 amide bonds. The molecular formula is C16H27N3. The van der Waals surface area contributed by atoms with Gasteiger partial charge in [-0.2, -0.15) is 0 Å². The SMILES string of the molecule is CCCN1CCC(C(C)NCc2cccnc2)CC1. The second-order valence-corrected chi connectivity index (χ2v) is 5.71. The minimum atomic E-state index is 0.601. The number of rotatable bonds is 6. The van der Waals surface area contributed by atoms with E-state index < -0.39 is 0 Å². The predicted molar refractivity (Wildman–Crippen MR) is 80.0 cm³/mol. The Morgan fingerprint density at radius 1 is 1.42 bits per heavy atom. The summed E-state index contributed by atoms with van der Waals surface area (Å²) in [6.07, 6.45) is 7.72. The smallest absolute Gasteiger partial charge is 0.0312 e. The average Bonchev–Trinajstić information content (AvgIpc) is 2.47. The zero-order chi connectivity index (χ0) is 13.5. The average molecular weight is 261 g/mol. The van der Waals surface area contributed by atoms with Crippen LogP contribution in [0.4, 0.5) is 0 Å². The van der Waals surface area contributed by atoms with Gasteiger partial charge in [0.1, 0.15) is 0 Å². The third-order valence-electron chi connectivity index (χ3n) is 4.23. The monoisotopic (exact) mass is 261 g/mol. The number of nitrogens with one attached hydrogen (secondary N) is 1. The minimum Gasteiger partial charge on any atom is -0.310 e. The second kappa shape index (κ2) is 7.61. The summed E-state index contributed by atoms with van der Waals surface area (Å²) in [7, 11) is 0. The number of hydrogen-bond acceptors (Lipinski definition) is 3. The molecule has 19 heavy (non-hydrogen) atoms. The Labute approximate surface area is 117 Å². The molecule has 1 aliphatic rings. The van der Waals surface area contributed by atoms with Crippen LogP contribution in [0.1, 0.15) is 38.7 Å². The molecule has 2 rings (SSSR count). The number of likely N-dealkylation sites (tertiary alicyclic amines) is 1. The summed E-state index contributed by atoms with van der Waals surface area (Å²) in [5.74, 6) is 0.824. The van der Waals surface area contributed by atoms with Gasteiger partial charge in [-0.05, 0) is 63.4 Å². The van der Waals surface area contributed by atoms with Crippen LogP contribution in [0.3, 0.4) is 0 Å². The summed E-state index contributed by atoms with van der Waals surface area (Å²) in [6, 6.07) is 4.74. The topological polar surface area (TPSA) is 28.2 Å². The Hall–Kier alpha value is -0.930. The first-order chi connectivity index (χ1) is 9.29. The highest BCUT2D eigenvalue weighted by atomic mass is 15.1. The Morgan fingerprint density at radius 2 is 2.21 bits per heavy atom. The van der Waals surface area contributed by atoms with E-state index in [1.165, 1.54) is 44.5 Å². The maximum Gasteiger partial charge on any atom is 0.0312 e. The van der Waals surface area contributed by atoms with E-state index in [-0.39, 0.29) is 0 Å². The fraction of sp³-hybridized carbons (Fsp3) is 0.688. The van der Waals surface area contributed by atoms with Gasteiger partial charge in [-0.1, -0.05) is 13.0 Å². The summed E-state index contributed by atoms with van der Waals surface area (Å²) < 4.78 is 0. The third kappa shape index (κ3) is 4.59. The van der Waals surface area contributed by atoms with Crippen LogP contribution in [-0.4, -0.2) is 35.6 Å². The van der Waals surface area contributed by atoms with Crippen LogP contribution in [0.15, 0.2) is 24.5 Å². The largest absolute Gasteiger partial charge is 0.310 e. The molecule has 2 heterocycles. The summed E-state index contributed by atoms with van der Waals surface area (Å²) >= 11 is 0. The van der Waals surface area contributed by atoms with Crippen LogP contribution in [0, 0.1) is 5.92 Å². The number of piperidine rings is 1. The van der Waals surface area contributed by atoms with Crippen molar-refractivity contribution in [1.29, 1.82) is 0 Å². The van der Waals surface area contributed by atoms with Crippen LogP contribution in [-0.2, 0) is 6.54 Å². The predicted octanol–water partition coefficient (Wildman–Crippen LogP) is 2.68. The molecule has 0 aromatic carbocycles. The molecule has 1 unspecified atom stereocenters.